The maximum Gasteiger partial charge on any atom is 0.387 e. The molecule has 0 saturated carbocycles. The second-order valence-corrected chi connectivity index (χ2v) is 5.15. The van der Waals surface area contributed by atoms with Gasteiger partial charge in [0, 0.05) is 6.42 Å². The van der Waals surface area contributed by atoms with Gasteiger partial charge in [0.05, 0.1) is 0 Å². The van der Waals surface area contributed by atoms with Crippen molar-refractivity contribution in [3.05, 3.63) is 29.8 Å². The number of hydrogen-bond acceptors (Lipinski definition) is 3. The Morgan fingerprint density at radius 2 is 1.82 bits per heavy atom. The Labute approximate surface area is 127 Å². The largest absolute Gasteiger partial charge is 0.480 e. The lowest BCUT2D eigenvalue weighted by Crippen LogP contribution is -2.44. The van der Waals surface area contributed by atoms with Crippen molar-refractivity contribution in [3.63, 3.8) is 0 Å². The van der Waals surface area contributed by atoms with E-state index in [2.05, 4.69) is 10.1 Å². The number of aryl methyl sites for hydroxylation is 1. The molecule has 1 rings (SSSR count). The Kier molecular flexibility index (Phi) is 6.75. The van der Waals surface area contributed by atoms with Gasteiger partial charge in [-0.25, -0.2) is 4.79 Å². The lowest BCUT2D eigenvalue weighted by atomic mass is 10.0. The summed E-state index contributed by atoms with van der Waals surface area (Å²) in [5, 5.41) is 11.5. The number of carbonyl (C=O) groups is 2. The molecular weight excluding hydrogens is 296 g/mol. The van der Waals surface area contributed by atoms with Crippen molar-refractivity contribution in [1.29, 1.82) is 0 Å². The highest BCUT2D eigenvalue weighted by Crippen LogP contribution is 2.15. The number of aliphatic carboxylic acids is 1. The zero-order valence-electron chi connectivity index (χ0n) is 12.4. The van der Waals surface area contributed by atoms with E-state index in [1.54, 1.807) is 26.0 Å². The molecule has 5 nitrogen and oxygen atoms in total. The number of alkyl halides is 2. The van der Waals surface area contributed by atoms with Gasteiger partial charge in [0.2, 0.25) is 5.91 Å². The molecule has 2 N–H and O–H groups in total. The number of carboxylic acid groups (broad SMARTS) is 1. The van der Waals surface area contributed by atoms with E-state index in [9.17, 15) is 18.4 Å². The Balaban J connectivity index is 2.48. The zero-order chi connectivity index (χ0) is 16.7. The highest BCUT2D eigenvalue weighted by molar-refractivity contribution is 5.83. The molecule has 0 heterocycles. The third-order valence-corrected chi connectivity index (χ3v) is 3.04. The number of benzene rings is 1. The van der Waals surface area contributed by atoms with E-state index in [0.29, 0.717) is 6.42 Å². The first-order chi connectivity index (χ1) is 10.3. The standard InChI is InChI=1S/C15H19F2NO4/c1-9(2)13(14(20)21)18-12(19)8-5-10-3-6-11(7-4-10)22-15(16)17/h3-4,6-7,9,13,15H,5,8H2,1-2H3,(H,18,19)(H,20,21). The molecule has 1 aromatic carbocycles. The average Bonchev–Trinajstić information content (AvgIpc) is 2.42. The third kappa shape index (κ3) is 6.07. The van der Waals surface area contributed by atoms with E-state index < -0.39 is 18.6 Å². The van der Waals surface area contributed by atoms with Crippen molar-refractivity contribution in [2.75, 3.05) is 0 Å². The van der Waals surface area contributed by atoms with Crippen LogP contribution in [0.3, 0.4) is 0 Å². The lowest BCUT2D eigenvalue weighted by Gasteiger charge is -2.17. The third-order valence-electron chi connectivity index (χ3n) is 3.04. The molecule has 1 amide bonds. The van der Waals surface area contributed by atoms with Gasteiger partial charge in [0.25, 0.3) is 0 Å². The number of ether oxygens (including phenoxy) is 1. The minimum atomic E-state index is -2.87. The second kappa shape index (κ2) is 8.31. The first-order valence-corrected chi connectivity index (χ1v) is 6.85. The smallest absolute Gasteiger partial charge is 0.387 e. The molecule has 1 aromatic rings. The molecule has 0 bridgehead atoms. The fraction of sp³-hybridized carbons (Fsp3) is 0.467. The normalized spacial score (nSPS) is 12.3. The van der Waals surface area contributed by atoms with E-state index >= 15 is 0 Å². The average molecular weight is 315 g/mol. The molecular formula is C15H19F2NO4. The highest BCUT2D eigenvalue weighted by Gasteiger charge is 2.22. The fourth-order valence-corrected chi connectivity index (χ4v) is 1.85. The summed E-state index contributed by atoms with van der Waals surface area (Å²) in [5.74, 6) is -1.60. The van der Waals surface area contributed by atoms with Gasteiger partial charge in [-0.15, -0.1) is 0 Å². The molecule has 0 aliphatic heterocycles. The molecule has 1 unspecified atom stereocenters. The zero-order valence-corrected chi connectivity index (χ0v) is 12.4. The summed E-state index contributed by atoms with van der Waals surface area (Å²) in [7, 11) is 0. The summed E-state index contributed by atoms with van der Waals surface area (Å²) in [6, 6.07) is 5.04. The molecule has 22 heavy (non-hydrogen) atoms. The molecule has 7 heteroatoms. The van der Waals surface area contributed by atoms with Crippen LogP contribution >= 0.6 is 0 Å². The Morgan fingerprint density at radius 1 is 1.23 bits per heavy atom. The molecule has 122 valence electrons. The number of carbonyl (C=O) groups excluding carboxylic acids is 1. The van der Waals surface area contributed by atoms with Gasteiger partial charge in [0.1, 0.15) is 11.8 Å². The van der Waals surface area contributed by atoms with Crippen molar-refractivity contribution in [1.82, 2.24) is 5.32 Å². The molecule has 1 atom stereocenters. The van der Waals surface area contributed by atoms with Crippen LogP contribution < -0.4 is 10.1 Å². The van der Waals surface area contributed by atoms with Crippen molar-refractivity contribution in [2.45, 2.75) is 39.3 Å². The minimum absolute atomic E-state index is 0.0500. The highest BCUT2D eigenvalue weighted by atomic mass is 19.3. The van der Waals surface area contributed by atoms with Crippen LogP contribution in [0.4, 0.5) is 8.78 Å². The summed E-state index contributed by atoms with van der Waals surface area (Å²) in [6.07, 6.45) is 0.497. The van der Waals surface area contributed by atoms with Crippen LogP contribution in [0.1, 0.15) is 25.8 Å². The van der Waals surface area contributed by atoms with E-state index in [4.69, 9.17) is 5.11 Å². The quantitative estimate of drug-likeness (QED) is 0.772. The number of carboxylic acids is 1. The van der Waals surface area contributed by atoms with E-state index in [1.165, 1.54) is 12.1 Å². The molecule has 0 aliphatic rings. The fourth-order valence-electron chi connectivity index (χ4n) is 1.85. The molecule has 0 aliphatic carbocycles. The van der Waals surface area contributed by atoms with Gasteiger partial charge in [-0.1, -0.05) is 26.0 Å². The summed E-state index contributed by atoms with van der Waals surface area (Å²) in [4.78, 5) is 22.7. The first kappa shape index (κ1) is 17.9. The number of hydrogen-bond donors (Lipinski definition) is 2. The predicted octanol–water partition coefficient (Wildman–Crippen LogP) is 2.45. The van der Waals surface area contributed by atoms with Gasteiger partial charge in [0.15, 0.2) is 0 Å². The van der Waals surface area contributed by atoms with Gasteiger partial charge in [-0.3, -0.25) is 4.79 Å². The van der Waals surface area contributed by atoms with Gasteiger partial charge < -0.3 is 15.2 Å². The summed E-state index contributed by atoms with van der Waals surface area (Å²) in [5.41, 5.74) is 0.771. The van der Waals surface area contributed by atoms with Gasteiger partial charge in [-0.05, 0) is 30.0 Å². The molecule has 0 aromatic heterocycles. The minimum Gasteiger partial charge on any atom is -0.480 e. The SMILES string of the molecule is CC(C)C(NC(=O)CCc1ccc(OC(F)F)cc1)C(=O)O. The monoisotopic (exact) mass is 315 g/mol. The Morgan fingerprint density at radius 3 is 2.27 bits per heavy atom. The summed E-state index contributed by atoms with van der Waals surface area (Å²) < 4.78 is 28.2. The Bertz CT molecular complexity index is 503. The van der Waals surface area contributed by atoms with Gasteiger partial charge in [-0.2, -0.15) is 8.78 Å². The van der Waals surface area contributed by atoms with Crippen LogP contribution in [0.5, 0.6) is 5.75 Å². The van der Waals surface area contributed by atoms with E-state index in [-0.39, 0.29) is 24.0 Å². The van der Waals surface area contributed by atoms with E-state index in [0.717, 1.165) is 5.56 Å². The summed E-state index contributed by atoms with van der Waals surface area (Å²) >= 11 is 0. The number of halogens is 2. The first-order valence-electron chi connectivity index (χ1n) is 6.85. The topological polar surface area (TPSA) is 75.6 Å². The molecule has 0 fully saturated rings. The molecule has 0 saturated heterocycles. The Hall–Kier alpha value is -2.18. The van der Waals surface area contributed by atoms with Crippen LogP contribution in [-0.2, 0) is 16.0 Å². The van der Waals surface area contributed by atoms with Crippen LogP contribution in [0.15, 0.2) is 24.3 Å². The number of nitrogens with one attached hydrogen (secondary N) is 1. The van der Waals surface area contributed by atoms with Crippen LogP contribution in [0, 0.1) is 5.92 Å². The predicted molar refractivity (Wildman–Crippen MR) is 75.8 cm³/mol. The van der Waals surface area contributed by atoms with Crippen molar-refractivity contribution >= 4 is 11.9 Å². The molecule has 0 radical (unpaired) electrons. The van der Waals surface area contributed by atoms with Crippen molar-refractivity contribution < 1.29 is 28.2 Å². The van der Waals surface area contributed by atoms with Crippen LogP contribution in [0.25, 0.3) is 0 Å². The lowest BCUT2D eigenvalue weighted by molar-refractivity contribution is -0.143. The van der Waals surface area contributed by atoms with Crippen LogP contribution in [-0.4, -0.2) is 29.6 Å². The van der Waals surface area contributed by atoms with Crippen LogP contribution in [0.2, 0.25) is 0 Å². The van der Waals surface area contributed by atoms with E-state index in [1.807, 2.05) is 0 Å². The molecule has 0 spiro atoms. The maximum atomic E-state index is 12.0. The maximum absolute atomic E-state index is 12.0. The van der Waals surface area contributed by atoms with Gasteiger partial charge >= 0.3 is 12.6 Å². The summed E-state index contributed by atoms with van der Waals surface area (Å²) in [6.45, 7) is 0.544. The van der Waals surface area contributed by atoms with Crippen molar-refractivity contribution in [2.24, 2.45) is 5.92 Å². The second-order valence-electron chi connectivity index (χ2n) is 5.15. The van der Waals surface area contributed by atoms with Crippen molar-refractivity contribution in [3.8, 4) is 5.75 Å². The number of amides is 1. The number of rotatable bonds is 8.